The number of nitrogens with zero attached hydrogens (tertiary/aromatic N) is 3. The second-order valence-electron chi connectivity index (χ2n) is 6.03. The molecule has 0 radical (unpaired) electrons. The Hall–Kier alpha value is -1.63. The van der Waals surface area contributed by atoms with Crippen molar-refractivity contribution in [3.63, 3.8) is 0 Å². The highest BCUT2D eigenvalue weighted by molar-refractivity contribution is 8.01. The topological polar surface area (TPSA) is 101 Å². The summed E-state index contributed by atoms with van der Waals surface area (Å²) in [6.07, 6.45) is 0. The van der Waals surface area contributed by atoms with Gasteiger partial charge >= 0.3 is 0 Å². The number of carbonyl (C=O) groups excluding carboxylic acids is 3. The number of alkyl halides is 1. The van der Waals surface area contributed by atoms with Crippen LogP contribution in [-0.4, -0.2) is 63.6 Å². The van der Waals surface area contributed by atoms with E-state index in [1.807, 2.05) is 0 Å². The molecule has 0 saturated carbocycles. The van der Waals surface area contributed by atoms with Crippen LogP contribution >= 0.6 is 47.3 Å². The zero-order valence-corrected chi connectivity index (χ0v) is 18.6. The number of aryl methyl sites for hydroxylation is 1. The minimum Gasteiger partial charge on any atom is -0.392 e. The van der Waals surface area contributed by atoms with Crippen LogP contribution in [0.1, 0.15) is 17.6 Å². The molecule has 13 heteroatoms. The summed E-state index contributed by atoms with van der Waals surface area (Å²) in [7, 11) is 0. The zero-order valence-electron chi connectivity index (χ0n) is 15.3. The van der Waals surface area contributed by atoms with Crippen molar-refractivity contribution in [2.75, 3.05) is 19.0 Å². The average Bonchev–Trinajstić information content (AvgIpc) is 3.00. The van der Waals surface area contributed by atoms with Crippen LogP contribution < -0.4 is 5.32 Å². The van der Waals surface area contributed by atoms with Crippen molar-refractivity contribution >= 4 is 70.6 Å². The van der Waals surface area contributed by atoms with Gasteiger partial charge in [-0.3, -0.25) is 19.3 Å². The molecule has 0 unspecified atom stereocenters. The summed E-state index contributed by atoms with van der Waals surface area (Å²) in [5.41, 5.74) is 0.0791. The maximum Gasteiger partial charge on any atom is 0.276 e. The molecule has 0 bridgehead atoms. The Labute approximate surface area is 184 Å². The molecule has 3 heterocycles. The lowest BCUT2D eigenvalue weighted by atomic mass is 10.0. The first kappa shape index (κ1) is 22.1. The van der Waals surface area contributed by atoms with Crippen LogP contribution in [0.15, 0.2) is 15.8 Å². The van der Waals surface area contributed by atoms with E-state index in [2.05, 4.69) is 28.1 Å². The molecular weight excluding hydrogens is 463 g/mol. The number of nitrogens with one attached hydrogen (secondary N) is 1. The number of aromatic nitrogens is 1. The summed E-state index contributed by atoms with van der Waals surface area (Å²) in [6.45, 7) is 1.93. The highest BCUT2D eigenvalue weighted by atomic mass is 35.5. The molecule has 8 nitrogen and oxygen atoms in total. The van der Waals surface area contributed by atoms with Gasteiger partial charge in [0.1, 0.15) is 34.7 Å². The molecule has 1 aromatic heterocycles. The van der Waals surface area contributed by atoms with Gasteiger partial charge in [-0.2, -0.15) is 0 Å². The molecule has 1 aromatic rings. The third-order valence-electron chi connectivity index (χ3n) is 4.02. The summed E-state index contributed by atoms with van der Waals surface area (Å²) < 4.78 is 12.6. The first-order chi connectivity index (χ1) is 13.8. The van der Waals surface area contributed by atoms with Crippen LogP contribution in [-0.2, 0) is 19.2 Å². The van der Waals surface area contributed by atoms with Crippen LogP contribution in [0.2, 0.25) is 4.34 Å². The second kappa shape index (κ2) is 9.02. The molecule has 0 spiro atoms. The zero-order chi connectivity index (χ0) is 21.3. The summed E-state index contributed by atoms with van der Waals surface area (Å²) in [5.74, 6) is -1.00. The van der Waals surface area contributed by atoms with E-state index in [-0.39, 0.29) is 33.8 Å². The number of oxime groups is 1. The van der Waals surface area contributed by atoms with Gasteiger partial charge in [0.2, 0.25) is 0 Å². The Morgan fingerprint density at radius 2 is 2.24 bits per heavy atom. The number of carbonyl (C=O) groups is 3. The molecule has 1 saturated heterocycles. The van der Waals surface area contributed by atoms with Crippen molar-refractivity contribution in [3.05, 3.63) is 25.6 Å². The third-order valence-corrected chi connectivity index (χ3v) is 7.06. The van der Waals surface area contributed by atoms with Gasteiger partial charge in [0, 0.05) is 17.6 Å². The third kappa shape index (κ3) is 4.30. The van der Waals surface area contributed by atoms with E-state index < -0.39 is 29.9 Å². The first-order valence-electron chi connectivity index (χ1n) is 8.34. The maximum atomic E-state index is 12.8. The molecule has 29 heavy (non-hydrogen) atoms. The van der Waals surface area contributed by atoms with Crippen LogP contribution in [0.3, 0.4) is 0 Å². The normalized spacial score (nSPS) is 21.6. The smallest absolute Gasteiger partial charge is 0.276 e. The highest BCUT2D eigenvalue weighted by Gasteiger charge is 2.53. The van der Waals surface area contributed by atoms with Crippen LogP contribution in [0.4, 0.5) is 4.39 Å². The fourth-order valence-corrected chi connectivity index (χ4v) is 5.64. The Bertz CT molecular complexity index is 935. The first-order valence-corrected chi connectivity index (χ1v) is 11.0. The lowest BCUT2D eigenvalue weighted by Gasteiger charge is -2.49. The van der Waals surface area contributed by atoms with Gasteiger partial charge in [-0.1, -0.05) is 16.8 Å². The molecule has 2 aliphatic rings. The molecule has 2 atom stereocenters. The van der Waals surface area contributed by atoms with Crippen molar-refractivity contribution < 1.29 is 23.6 Å². The van der Waals surface area contributed by atoms with E-state index >= 15 is 0 Å². The number of fused-ring (bicyclic) bond motifs is 1. The molecule has 2 aliphatic heterocycles. The fraction of sp³-hybridized carbons (Fsp3) is 0.438. The van der Waals surface area contributed by atoms with E-state index in [1.54, 1.807) is 6.92 Å². The fourth-order valence-electron chi connectivity index (χ4n) is 2.84. The number of hydrogen-bond donors (Lipinski definition) is 2. The number of thiazole rings is 1. The van der Waals surface area contributed by atoms with Gasteiger partial charge in [0.05, 0.1) is 10.7 Å². The summed E-state index contributed by atoms with van der Waals surface area (Å²) in [4.78, 5) is 48.1. The molecular formula is C16H16ClFN4O4S3. The van der Waals surface area contributed by atoms with E-state index in [4.69, 9.17) is 16.4 Å². The van der Waals surface area contributed by atoms with Gasteiger partial charge in [0.25, 0.3) is 11.8 Å². The Morgan fingerprint density at radius 1 is 1.52 bits per heavy atom. The lowest BCUT2D eigenvalue weighted by Crippen LogP contribution is -2.70. The quantitative estimate of drug-likeness (QED) is 0.204. The van der Waals surface area contributed by atoms with Crippen LogP contribution in [0.5, 0.6) is 0 Å². The number of amides is 2. The number of rotatable bonds is 7. The summed E-state index contributed by atoms with van der Waals surface area (Å²) in [5, 5.41) is 6.42. The molecule has 156 valence electrons. The van der Waals surface area contributed by atoms with E-state index in [0.717, 1.165) is 11.3 Å². The van der Waals surface area contributed by atoms with Crippen molar-refractivity contribution in [1.29, 1.82) is 0 Å². The molecule has 1 N–H and O–H groups in total. The highest BCUT2D eigenvalue weighted by Crippen LogP contribution is 2.41. The summed E-state index contributed by atoms with van der Waals surface area (Å²) in [6, 6.07) is -0.867. The standard InChI is InChI=1S/C16H16ClFN4O4S3/c1-6(23)12-8(27)5-28-16-11(15(25)22(12)16)20-14(24)10(21-26-4-3-18)9-13(17)29-7(2)19-9/h11,16,27H,3-5H2,1-2H3,(H,20,24)/b21-10-/t11-,16-/m1/s1. The van der Waals surface area contributed by atoms with Crippen LogP contribution in [0.25, 0.3) is 0 Å². The Kier molecular flexibility index (Phi) is 6.87. The number of allylic oxidation sites excluding steroid dienone is 1. The van der Waals surface area contributed by atoms with Gasteiger partial charge in [0.15, 0.2) is 11.5 Å². The molecule has 1 fully saturated rings. The van der Waals surface area contributed by atoms with Crippen LogP contribution in [0, 0.1) is 6.92 Å². The number of thiol groups is 1. The number of Topliss-reactive ketones (excluding diaryl/α,β-unsaturated/α-hetero) is 1. The number of ketones is 1. The van der Waals surface area contributed by atoms with Gasteiger partial charge in [-0.15, -0.1) is 35.7 Å². The van der Waals surface area contributed by atoms with Crippen molar-refractivity contribution in [2.24, 2.45) is 5.16 Å². The van der Waals surface area contributed by atoms with Gasteiger partial charge in [-0.25, -0.2) is 9.37 Å². The van der Waals surface area contributed by atoms with E-state index in [9.17, 15) is 18.8 Å². The second-order valence-corrected chi connectivity index (χ2v) is 9.48. The van der Waals surface area contributed by atoms with E-state index in [0.29, 0.717) is 15.7 Å². The van der Waals surface area contributed by atoms with Gasteiger partial charge in [-0.05, 0) is 6.92 Å². The largest absolute Gasteiger partial charge is 0.392 e. The monoisotopic (exact) mass is 478 g/mol. The number of β-lactam (4-membered cyclic amide) rings is 1. The minimum absolute atomic E-state index is 0.0902. The predicted molar refractivity (Wildman–Crippen MR) is 112 cm³/mol. The SMILES string of the molecule is CC(=O)C1=C(S)CS[C@@H]2[C@H](NC(=O)/C(=N\OCCF)c3nc(C)sc3Cl)C(=O)N12. The van der Waals surface area contributed by atoms with Crippen molar-refractivity contribution in [3.8, 4) is 0 Å². The minimum atomic E-state index is -0.867. The molecule has 0 aliphatic carbocycles. The number of halogens is 2. The van der Waals surface area contributed by atoms with Crippen molar-refractivity contribution in [2.45, 2.75) is 25.3 Å². The van der Waals surface area contributed by atoms with E-state index in [1.165, 1.54) is 23.6 Å². The molecule has 0 aromatic carbocycles. The number of hydrogen-bond acceptors (Lipinski definition) is 9. The Balaban J connectivity index is 1.81. The summed E-state index contributed by atoms with van der Waals surface area (Å²) >= 11 is 12.9. The molecule has 2 amide bonds. The molecule has 3 rings (SSSR count). The average molecular weight is 479 g/mol. The number of thioether (sulfide) groups is 1. The lowest BCUT2D eigenvalue weighted by molar-refractivity contribution is -0.146. The Morgan fingerprint density at radius 3 is 2.83 bits per heavy atom. The van der Waals surface area contributed by atoms with Crippen molar-refractivity contribution in [1.82, 2.24) is 15.2 Å². The maximum absolute atomic E-state index is 12.8. The predicted octanol–water partition coefficient (Wildman–Crippen LogP) is 1.93. The van der Waals surface area contributed by atoms with Gasteiger partial charge < -0.3 is 10.2 Å².